The Morgan fingerprint density at radius 3 is 2.63 bits per heavy atom. The summed E-state index contributed by atoms with van der Waals surface area (Å²) in [5.41, 5.74) is 6.31. The number of nitrogens with two attached hydrogens (primary N) is 1. The lowest BCUT2D eigenvalue weighted by atomic mass is 9.89. The number of hydrogen-bond donors (Lipinski definition) is 2. The van der Waals surface area contributed by atoms with Crippen LogP contribution in [0.3, 0.4) is 0 Å². The quantitative estimate of drug-likeness (QED) is 0.794. The molecule has 0 unspecified atom stereocenters. The van der Waals surface area contributed by atoms with Crippen LogP contribution in [0.25, 0.3) is 0 Å². The second-order valence-corrected chi connectivity index (χ2v) is 5.17. The van der Waals surface area contributed by atoms with Crippen molar-refractivity contribution in [2.45, 2.75) is 20.3 Å². The molecule has 0 aromatic heterocycles. The van der Waals surface area contributed by atoms with E-state index in [0.717, 1.165) is 0 Å². The van der Waals surface area contributed by atoms with Crippen molar-refractivity contribution in [3.63, 3.8) is 0 Å². The second kappa shape index (κ2) is 6.33. The van der Waals surface area contributed by atoms with Crippen LogP contribution in [-0.4, -0.2) is 25.5 Å². The molecule has 0 aliphatic rings. The number of anilines is 1. The van der Waals surface area contributed by atoms with E-state index in [1.165, 1.54) is 7.11 Å². The van der Waals surface area contributed by atoms with E-state index in [4.69, 9.17) is 5.73 Å². The molecule has 0 aliphatic carbocycles. The Hall–Kier alpha value is -1.88. The van der Waals surface area contributed by atoms with Gasteiger partial charge in [0.15, 0.2) is 0 Å². The molecule has 1 aromatic carbocycles. The highest BCUT2D eigenvalue weighted by Gasteiger charge is 2.20. The lowest BCUT2D eigenvalue weighted by Gasteiger charge is -2.21. The molecule has 0 saturated heterocycles. The van der Waals surface area contributed by atoms with Crippen molar-refractivity contribution >= 4 is 17.6 Å². The van der Waals surface area contributed by atoms with Crippen molar-refractivity contribution in [1.29, 1.82) is 0 Å². The van der Waals surface area contributed by atoms with Gasteiger partial charge in [-0.15, -0.1) is 0 Å². The molecule has 5 heteroatoms. The summed E-state index contributed by atoms with van der Waals surface area (Å²) >= 11 is 0. The van der Waals surface area contributed by atoms with E-state index in [0.29, 0.717) is 24.2 Å². The number of rotatable bonds is 5. The maximum Gasteiger partial charge on any atom is 0.337 e. The molecule has 3 N–H and O–H groups in total. The molecule has 0 spiro atoms. The summed E-state index contributed by atoms with van der Waals surface area (Å²) in [7, 11) is 1.32. The molecule has 0 heterocycles. The first-order chi connectivity index (χ1) is 8.88. The standard InChI is InChI=1S/C14H20N2O3/c1-14(2,9-15)8-12(17)16-11-6-4-5-10(7-11)13(18)19-3/h4-7H,8-9,15H2,1-3H3,(H,16,17). The summed E-state index contributed by atoms with van der Waals surface area (Å²) in [5.74, 6) is -0.559. The van der Waals surface area contributed by atoms with Crippen LogP contribution in [0.5, 0.6) is 0 Å². The number of benzene rings is 1. The zero-order chi connectivity index (χ0) is 14.5. The number of carbonyl (C=O) groups is 2. The smallest absolute Gasteiger partial charge is 0.337 e. The van der Waals surface area contributed by atoms with Gasteiger partial charge >= 0.3 is 5.97 Å². The minimum Gasteiger partial charge on any atom is -0.465 e. The average Bonchev–Trinajstić information content (AvgIpc) is 2.37. The van der Waals surface area contributed by atoms with Crippen LogP contribution >= 0.6 is 0 Å². The van der Waals surface area contributed by atoms with Gasteiger partial charge in [0.25, 0.3) is 0 Å². The summed E-state index contributed by atoms with van der Waals surface area (Å²) in [4.78, 5) is 23.2. The molecule has 0 fully saturated rings. The van der Waals surface area contributed by atoms with Crippen molar-refractivity contribution in [3.8, 4) is 0 Å². The Bertz CT molecular complexity index is 470. The van der Waals surface area contributed by atoms with Gasteiger partial charge in [-0.25, -0.2) is 4.79 Å². The summed E-state index contributed by atoms with van der Waals surface area (Å²) in [5, 5.41) is 2.75. The molecule has 0 bridgehead atoms. The van der Waals surface area contributed by atoms with Crippen LogP contribution in [0.15, 0.2) is 24.3 Å². The number of nitrogens with one attached hydrogen (secondary N) is 1. The summed E-state index contributed by atoms with van der Waals surface area (Å²) in [6.07, 6.45) is 0.325. The van der Waals surface area contributed by atoms with E-state index in [1.54, 1.807) is 24.3 Å². The summed E-state index contributed by atoms with van der Waals surface area (Å²) in [6.45, 7) is 4.29. The predicted molar refractivity (Wildman–Crippen MR) is 73.9 cm³/mol. The lowest BCUT2D eigenvalue weighted by Crippen LogP contribution is -2.29. The number of hydrogen-bond acceptors (Lipinski definition) is 4. The highest BCUT2D eigenvalue weighted by atomic mass is 16.5. The monoisotopic (exact) mass is 264 g/mol. The van der Waals surface area contributed by atoms with Gasteiger partial charge in [0.1, 0.15) is 0 Å². The molecule has 0 radical (unpaired) electrons. The Labute approximate surface area is 113 Å². The largest absolute Gasteiger partial charge is 0.465 e. The Morgan fingerprint density at radius 2 is 2.05 bits per heavy atom. The van der Waals surface area contributed by atoms with Crippen LogP contribution in [-0.2, 0) is 9.53 Å². The van der Waals surface area contributed by atoms with Crippen LogP contribution in [0.1, 0.15) is 30.6 Å². The molecule has 5 nitrogen and oxygen atoms in total. The van der Waals surface area contributed by atoms with Gasteiger partial charge in [-0.3, -0.25) is 4.79 Å². The lowest BCUT2D eigenvalue weighted by molar-refractivity contribution is -0.117. The zero-order valence-electron chi connectivity index (χ0n) is 11.5. The summed E-state index contributed by atoms with van der Waals surface area (Å²) in [6, 6.07) is 6.63. The normalized spacial score (nSPS) is 10.9. The van der Waals surface area contributed by atoms with Crippen LogP contribution in [0, 0.1) is 5.41 Å². The van der Waals surface area contributed by atoms with Gasteiger partial charge in [-0.1, -0.05) is 19.9 Å². The van der Waals surface area contributed by atoms with E-state index in [-0.39, 0.29) is 11.3 Å². The maximum absolute atomic E-state index is 11.9. The number of ether oxygens (including phenoxy) is 1. The second-order valence-electron chi connectivity index (χ2n) is 5.17. The highest BCUT2D eigenvalue weighted by Crippen LogP contribution is 2.19. The average molecular weight is 264 g/mol. The fourth-order valence-corrected chi connectivity index (χ4v) is 1.55. The van der Waals surface area contributed by atoms with Gasteiger partial charge in [0.2, 0.25) is 5.91 Å². The fraction of sp³-hybridized carbons (Fsp3) is 0.429. The van der Waals surface area contributed by atoms with Crippen LogP contribution in [0.2, 0.25) is 0 Å². The minimum atomic E-state index is -0.432. The number of methoxy groups -OCH3 is 1. The van der Waals surface area contributed by atoms with E-state index in [2.05, 4.69) is 10.1 Å². The van der Waals surface area contributed by atoms with E-state index in [9.17, 15) is 9.59 Å². The zero-order valence-corrected chi connectivity index (χ0v) is 11.5. The predicted octanol–water partition coefficient (Wildman–Crippen LogP) is 1.79. The van der Waals surface area contributed by atoms with Gasteiger partial charge in [0, 0.05) is 12.1 Å². The Balaban J connectivity index is 2.72. The van der Waals surface area contributed by atoms with Crippen molar-refractivity contribution in [1.82, 2.24) is 0 Å². The number of carbonyl (C=O) groups excluding carboxylic acids is 2. The maximum atomic E-state index is 11.9. The Morgan fingerprint density at radius 1 is 1.37 bits per heavy atom. The first-order valence-corrected chi connectivity index (χ1v) is 6.06. The number of esters is 1. The summed E-state index contributed by atoms with van der Waals surface area (Å²) < 4.78 is 4.63. The van der Waals surface area contributed by atoms with E-state index >= 15 is 0 Å². The fourth-order valence-electron chi connectivity index (χ4n) is 1.55. The molecule has 0 atom stereocenters. The van der Waals surface area contributed by atoms with Crippen LogP contribution in [0.4, 0.5) is 5.69 Å². The van der Waals surface area contributed by atoms with Crippen molar-refractivity contribution in [2.75, 3.05) is 19.0 Å². The van der Waals surface area contributed by atoms with Gasteiger partial charge in [-0.05, 0) is 30.2 Å². The molecule has 0 aliphatic heterocycles. The van der Waals surface area contributed by atoms with Gasteiger partial charge < -0.3 is 15.8 Å². The van der Waals surface area contributed by atoms with Gasteiger partial charge in [0.05, 0.1) is 12.7 Å². The van der Waals surface area contributed by atoms with Crippen LogP contribution < -0.4 is 11.1 Å². The molecular formula is C14H20N2O3. The molecule has 0 saturated carbocycles. The van der Waals surface area contributed by atoms with Crippen molar-refractivity contribution in [2.24, 2.45) is 11.1 Å². The third kappa shape index (κ3) is 4.71. The molecule has 1 rings (SSSR count). The molecule has 19 heavy (non-hydrogen) atoms. The number of amides is 1. The van der Waals surface area contributed by atoms with Gasteiger partial charge in [-0.2, -0.15) is 0 Å². The Kier molecular flexibility index (Phi) is 5.06. The first kappa shape index (κ1) is 15.2. The third-order valence-corrected chi connectivity index (χ3v) is 2.76. The SMILES string of the molecule is COC(=O)c1cccc(NC(=O)CC(C)(C)CN)c1. The molecule has 104 valence electrons. The molecule has 1 aromatic rings. The van der Waals surface area contributed by atoms with E-state index in [1.807, 2.05) is 13.8 Å². The highest BCUT2D eigenvalue weighted by molar-refractivity contribution is 5.94. The van der Waals surface area contributed by atoms with E-state index < -0.39 is 5.97 Å². The van der Waals surface area contributed by atoms with Crippen molar-refractivity contribution < 1.29 is 14.3 Å². The molecule has 1 amide bonds. The van der Waals surface area contributed by atoms with Crippen molar-refractivity contribution in [3.05, 3.63) is 29.8 Å². The topological polar surface area (TPSA) is 81.4 Å². The minimum absolute atomic E-state index is 0.127. The first-order valence-electron chi connectivity index (χ1n) is 6.06. The third-order valence-electron chi connectivity index (χ3n) is 2.76. The molecular weight excluding hydrogens is 244 g/mol.